The molecule has 3 N–H and O–H groups in total. The van der Waals surface area contributed by atoms with Crippen LogP contribution in [0, 0.1) is 0 Å². The first-order chi connectivity index (χ1) is 14.3. The summed E-state index contributed by atoms with van der Waals surface area (Å²) in [5, 5.41) is 8.72. The maximum absolute atomic E-state index is 13.2. The van der Waals surface area contributed by atoms with E-state index >= 15 is 0 Å². The fraction of sp³-hybridized carbons (Fsp3) is 0.200. The number of urea groups is 1. The van der Waals surface area contributed by atoms with Gasteiger partial charge < -0.3 is 16.0 Å². The zero-order valence-electron chi connectivity index (χ0n) is 16.3. The molecule has 2 heterocycles. The lowest BCUT2D eigenvalue weighted by Gasteiger charge is -2.12. The molecule has 10 heteroatoms. The Morgan fingerprint density at radius 2 is 1.80 bits per heavy atom. The van der Waals surface area contributed by atoms with Crippen molar-refractivity contribution in [3.05, 3.63) is 52.3 Å². The Bertz CT molecular complexity index is 1120. The number of carbonyl (C=O) groups is 3. The first-order valence-corrected chi connectivity index (χ1v) is 9.89. The number of pyridine rings is 1. The average Bonchev–Trinajstić information content (AvgIpc) is 3.10. The predicted molar refractivity (Wildman–Crippen MR) is 118 cm³/mol. The molecule has 0 saturated carbocycles. The number of hydrogen-bond acceptors (Lipinski definition) is 4. The van der Waals surface area contributed by atoms with Gasteiger partial charge in [-0.25, -0.2) is 9.78 Å². The highest BCUT2D eigenvalue weighted by Gasteiger charge is 2.21. The highest BCUT2D eigenvalue weighted by atomic mass is 35.5. The molecular weight excluding hydrogens is 429 g/mol. The third-order valence-electron chi connectivity index (χ3n) is 4.18. The molecule has 30 heavy (non-hydrogen) atoms. The summed E-state index contributed by atoms with van der Waals surface area (Å²) in [4.78, 5) is 40.5. The number of fused-ring (bicyclic) bond motifs is 1. The van der Waals surface area contributed by atoms with Gasteiger partial charge in [0, 0.05) is 36.9 Å². The fourth-order valence-electron chi connectivity index (χ4n) is 2.89. The van der Waals surface area contributed by atoms with E-state index in [4.69, 9.17) is 23.2 Å². The van der Waals surface area contributed by atoms with E-state index < -0.39 is 11.9 Å². The topological polar surface area (TPSA) is 105 Å². The van der Waals surface area contributed by atoms with Gasteiger partial charge in [-0.2, -0.15) is 0 Å². The summed E-state index contributed by atoms with van der Waals surface area (Å²) in [5.74, 6) is -0.380. The molecule has 0 aliphatic heterocycles. The Hall–Kier alpha value is -3.10. The number of amides is 3. The lowest BCUT2D eigenvalue weighted by molar-refractivity contribution is -0.114. The van der Waals surface area contributed by atoms with Crippen molar-refractivity contribution in [1.29, 1.82) is 0 Å². The van der Waals surface area contributed by atoms with Crippen molar-refractivity contribution in [2.45, 2.75) is 20.3 Å². The molecule has 8 nitrogen and oxygen atoms in total. The summed E-state index contributed by atoms with van der Waals surface area (Å²) in [7, 11) is 0. The van der Waals surface area contributed by atoms with Crippen LogP contribution in [0.2, 0.25) is 10.0 Å². The highest BCUT2D eigenvalue weighted by Crippen LogP contribution is 2.31. The van der Waals surface area contributed by atoms with Gasteiger partial charge in [-0.3, -0.25) is 14.2 Å². The van der Waals surface area contributed by atoms with Crippen molar-refractivity contribution in [3.8, 4) is 0 Å². The summed E-state index contributed by atoms with van der Waals surface area (Å²) in [5.41, 5.74) is 0.991. The van der Waals surface area contributed by atoms with E-state index in [0.717, 1.165) is 6.42 Å². The van der Waals surface area contributed by atoms with E-state index in [9.17, 15) is 14.4 Å². The average molecular weight is 448 g/mol. The van der Waals surface area contributed by atoms with Crippen molar-refractivity contribution in [1.82, 2.24) is 14.9 Å². The SMILES string of the molecule is CCCNC(=O)Nc1cc(Cl)c(C(=O)n2ccc3c(NC(C)=O)nccc32)c(Cl)c1. The smallest absolute Gasteiger partial charge is 0.319 e. The van der Waals surface area contributed by atoms with E-state index in [1.807, 2.05) is 6.92 Å². The molecule has 0 radical (unpaired) electrons. The van der Waals surface area contributed by atoms with Crippen molar-refractivity contribution in [2.24, 2.45) is 0 Å². The summed E-state index contributed by atoms with van der Waals surface area (Å²) in [6.45, 7) is 3.84. The molecule has 156 valence electrons. The first-order valence-electron chi connectivity index (χ1n) is 9.14. The molecule has 3 rings (SSSR count). The van der Waals surface area contributed by atoms with Crippen LogP contribution in [-0.4, -0.2) is 33.9 Å². The van der Waals surface area contributed by atoms with Crippen LogP contribution in [0.15, 0.2) is 36.7 Å². The highest BCUT2D eigenvalue weighted by molar-refractivity contribution is 6.40. The normalized spacial score (nSPS) is 10.7. The molecule has 3 aromatic rings. The Kier molecular flexibility index (Phi) is 6.59. The number of anilines is 2. The number of halogens is 2. The van der Waals surface area contributed by atoms with Crippen molar-refractivity contribution in [2.75, 3.05) is 17.2 Å². The Morgan fingerprint density at radius 3 is 2.43 bits per heavy atom. The molecular formula is C20H19Cl2N5O3. The van der Waals surface area contributed by atoms with Gasteiger partial charge in [-0.15, -0.1) is 0 Å². The first kappa shape index (κ1) is 21.6. The van der Waals surface area contributed by atoms with Crippen LogP contribution >= 0.6 is 23.2 Å². The molecule has 0 saturated heterocycles. The van der Waals surface area contributed by atoms with Gasteiger partial charge >= 0.3 is 6.03 Å². The van der Waals surface area contributed by atoms with E-state index in [0.29, 0.717) is 29.0 Å². The lowest BCUT2D eigenvalue weighted by Crippen LogP contribution is -2.29. The number of aromatic nitrogens is 2. The molecule has 0 spiro atoms. The molecule has 1 aromatic carbocycles. The third kappa shape index (κ3) is 4.55. The minimum absolute atomic E-state index is 0.0910. The largest absolute Gasteiger partial charge is 0.338 e. The molecule has 0 fully saturated rings. The van der Waals surface area contributed by atoms with Gasteiger partial charge in [0.15, 0.2) is 0 Å². The quantitative estimate of drug-likeness (QED) is 0.534. The van der Waals surface area contributed by atoms with Crippen LogP contribution < -0.4 is 16.0 Å². The zero-order valence-corrected chi connectivity index (χ0v) is 17.8. The second-order valence-corrected chi connectivity index (χ2v) is 7.27. The van der Waals surface area contributed by atoms with Crippen LogP contribution in [0.3, 0.4) is 0 Å². The second-order valence-electron chi connectivity index (χ2n) is 6.46. The molecule has 0 unspecified atom stereocenters. The van der Waals surface area contributed by atoms with Crippen LogP contribution in [0.5, 0.6) is 0 Å². The van der Waals surface area contributed by atoms with Gasteiger partial charge in [0.25, 0.3) is 5.91 Å². The van der Waals surface area contributed by atoms with Crippen molar-refractivity contribution >= 4 is 63.5 Å². The number of nitrogens with one attached hydrogen (secondary N) is 3. The summed E-state index contributed by atoms with van der Waals surface area (Å²) < 4.78 is 1.37. The molecule has 2 aromatic heterocycles. The predicted octanol–water partition coefficient (Wildman–Crippen LogP) is 4.52. The van der Waals surface area contributed by atoms with Crippen LogP contribution in [0.1, 0.15) is 30.6 Å². The molecule has 3 amide bonds. The van der Waals surface area contributed by atoms with E-state index in [-0.39, 0.29) is 21.5 Å². The van der Waals surface area contributed by atoms with Crippen molar-refractivity contribution < 1.29 is 14.4 Å². The van der Waals surface area contributed by atoms with E-state index in [2.05, 4.69) is 20.9 Å². The third-order valence-corrected chi connectivity index (χ3v) is 4.78. The van der Waals surface area contributed by atoms with Crippen molar-refractivity contribution in [3.63, 3.8) is 0 Å². The van der Waals surface area contributed by atoms with Crippen LogP contribution in [0.4, 0.5) is 16.3 Å². The minimum Gasteiger partial charge on any atom is -0.338 e. The molecule has 0 aliphatic rings. The standard InChI is InChI=1S/C20H19Cl2N5O3/c1-3-6-24-20(30)26-12-9-14(21)17(15(22)10-12)19(29)27-8-5-13-16(27)4-7-23-18(13)25-11(2)28/h4-5,7-10H,3,6H2,1-2H3,(H,23,25,28)(H2,24,26,30). The van der Waals surface area contributed by atoms with E-state index in [1.54, 1.807) is 18.3 Å². The Balaban J connectivity index is 1.94. The monoisotopic (exact) mass is 447 g/mol. The number of nitrogens with zero attached hydrogens (tertiary/aromatic N) is 2. The van der Waals surface area contributed by atoms with Gasteiger partial charge in [0.2, 0.25) is 5.91 Å². The Labute approximate surface area is 182 Å². The number of carbonyl (C=O) groups excluding carboxylic acids is 3. The minimum atomic E-state index is -0.457. The summed E-state index contributed by atoms with van der Waals surface area (Å²) in [6.07, 6.45) is 3.84. The summed E-state index contributed by atoms with van der Waals surface area (Å²) >= 11 is 12.7. The lowest BCUT2D eigenvalue weighted by atomic mass is 10.1. The Morgan fingerprint density at radius 1 is 1.10 bits per heavy atom. The molecule has 0 aliphatic carbocycles. The van der Waals surface area contributed by atoms with E-state index in [1.165, 1.54) is 29.8 Å². The maximum Gasteiger partial charge on any atom is 0.319 e. The zero-order chi connectivity index (χ0) is 21.8. The molecule has 0 atom stereocenters. The van der Waals surface area contributed by atoms with Gasteiger partial charge in [-0.1, -0.05) is 30.1 Å². The number of rotatable bonds is 5. The van der Waals surface area contributed by atoms with Crippen LogP contribution in [-0.2, 0) is 4.79 Å². The molecule has 0 bridgehead atoms. The van der Waals surface area contributed by atoms with Gasteiger partial charge in [-0.05, 0) is 30.7 Å². The van der Waals surface area contributed by atoms with Gasteiger partial charge in [0.05, 0.1) is 21.1 Å². The number of benzene rings is 1. The van der Waals surface area contributed by atoms with Gasteiger partial charge in [0.1, 0.15) is 5.82 Å². The number of hydrogen-bond donors (Lipinski definition) is 3. The summed E-state index contributed by atoms with van der Waals surface area (Å²) in [6, 6.07) is 5.84. The second kappa shape index (κ2) is 9.15. The van der Waals surface area contributed by atoms with Crippen LogP contribution in [0.25, 0.3) is 10.9 Å². The fourth-order valence-corrected chi connectivity index (χ4v) is 3.54. The maximum atomic E-state index is 13.2.